The van der Waals surface area contributed by atoms with Gasteiger partial charge in [-0.1, -0.05) is 65.7 Å². The highest BCUT2D eigenvalue weighted by atomic mass is 35.5. The molecule has 0 unspecified atom stereocenters. The summed E-state index contributed by atoms with van der Waals surface area (Å²) in [6.07, 6.45) is 0.598. The molecule has 0 atom stereocenters. The molecule has 0 spiro atoms. The third-order valence-electron chi connectivity index (χ3n) is 3.06. The van der Waals surface area contributed by atoms with E-state index in [1.54, 1.807) is 6.07 Å². The van der Waals surface area contributed by atoms with Crippen molar-refractivity contribution < 1.29 is 0 Å². The van der Waals surface area contributed by atoms with Gasteiger partial charge in [-0.25, -0.2) is 9.97 Å². The van der Waals surface area contributed by atoms with Gasteiger partial charge < -0.3 is 0 Å². The maximum Gasteiger partial charge on any atom is 0.135 e. The van der Waals surface area contributed by atoms with Gasteiger partial charge in [0.05, 0.1) is 5.69 Å². The Hall–Kier alpha value is -1.90. The summed E-state index contributed by atoms with van der Waals surface area (Å²) in [5.74, 6) is 0.684. The van der Waals surface area contributed by atoms with Gasteiger partial charge in [0.25, 0.3) is 0 Å². The quantitative estimate of drug-likeness (QED) is 0.633. The number of nitrogens with zero attached hydrogens (tertiary/aromatic N) is 2. The molecule has 0 aliphatic carbocycles. The highest BCUT2D eigenvalue weighted by molar-refractivity contribution is 6.30. The Morgan fingerprint density at radius 1 is 0.810 bits per heavy atom. The first-order valence-corrected chi connectivity index (χ1v) is 7.29. The molecular weight excluding hydrogens is 303 g/mol. The second-order valence-electron chi connectivity index (χ2n) is 4.66. The molecule has 0 saturated carbocycles. The molecule has 0 aliphatic rings. The fraction of sp³-hybridized carbons (Fsp3) is 0.0588. The van der Waals surface area contributed by atoms with Crippen LogP contribution in [0.25, 0.3) is 11.3 Å². The highest BCUT2D eigenvalue weighted by Gasteiger charge is 2.06. The molecular formula is C17H12Cl2N2. The molecule has 0 N–H and O–H groups in total. The predicted molar refractivity (Wildman–Crippen MR) is 86.7 cm³/mol. The molecule has 1 aromatic heterocycles. The number of benzene rings is 2. The van der Waals surface area contributed by atoms with E-state index in [2.05, 4.69) is 9.97 Å². The van der Waals surface area contributed by atoms with Gasteiger partial charge in [0, 0.05) is 23.1 Å². The van der Waals surface area contributed by atoms with Crippen LogP contribution in [0, 0.1) is 0 Å². The summed E-state index contributed by atoms with van der Waals surface area (Å²) < 4.78 is 0. The third kappa shape index (κ3) is 3.60. The molecule has 104 valence electrons. The summed E-state index contributed by atoms with van der Waals surface area (Å²) in [6.45, 7) is 0. The average molecular weight is 315 g/mol. The van der Waals surface area contributed by atoms with E-state index in [-0.39, 0.29) is 0 Å². The smallest absolute Gasteiger partial charge is 0.135 e. The molecule has 0 amide bonds. The summed E-state index contributed by atoms with van der Waals surface area (Å²) in [4.78, 5) is 8.89. The SMILES string of the molecule is Clc1cccc(Cc2nc(Cl)cc(-c3ccccc3)n2)c1. The Morgan fingerprint density at radius 2 is 1.62 bits per heavy atom. The molecule has 0 radical (unpaired) electrons. The van der Waals surface area contributed by atoms with Gasteiger partial charge in [-0.3, -0.25) is 0 Å². The number of hydrogen-bond acceptors (Lipinski definition) is 2. The second kappa shape index (κ2) is 6.25. The average Bonchev–Trinajstić information content (AvgIpc) is 2.47. The van der Waals surface area contributed by atoms with Crippen LogP contribution in [-0.4, -0.2) is 9.97 Å². The van der Waals surface area contributed by atoms with Crippen LogP contribution in [0.4, 0.5) is 0 Å². The topological polar surface area (TPSA) is 25.8 Å². The molecule has 21 heavy (non-hydrogen) atoms. The van der Waals surface area contributed by atoms with Crippen molar-refractivity contribution in [3.05, 3.63) is 82.2 Å². The van der Waals surface area contributed by atoms with Crippen LogP contribution < -0.4 is 0 Å². The van der Waals surface area contributed by atoms with Crippen LogP contribution in [0.15, 0.2) is 60.7 Å². The van der Waals surface area contributed by atoms with Crippen molar-refractivity contribution in [2.75, 3.05) is 0 Å². The van der Waals surface area contributed by atoms with Gasteiger partial charge in [0.1, 0.15) is 11.0 Å². The minimum Gasteiger partial charge on any atom is -0.232 e. The summed E-state index contributed by atoms with van der Waals surface area (Å²) in [5.41, 5.74) is 2.91. The third-order valence-corrected chi connectivity index (χ3v) is 3.49. The molecule has 2 aromatic carbocycles. The largest absolute Gasteiger partial charge is 0.232 e. The molecule has 4 heteroatoms. The van der Waals surface area contributed by atoms with E-state index >= 15 is 0 Å². The fourth-order valence-electron chi connectivity index (χ4n) is 2.13. The second-order valence-corrected chi connectivity index (χ2v) is 5.49. The minimum atomic E-state index is 0.445. The zero-order valence-corrected chi connectivity index (χ0v) is 12.6. The highest BCUT2D eigenvalue weighted by Crippen LogP contribution is 2.21. The van der Waals surface area contributed by atoms with Crippen molar-refractivity contribution in [3.8, 4) is 11.3 Å². The van der Waals surface area contributed by atoms with Crippen molar-refractivity contribution >= 4 is 23.2 Å². The van der Waals surface area contributed by atoms with Crippen molar-refractivity contribution in [2.45, 2.75) is 6.42 Å². The van der Waals surface area contributed by atoms with E-state index < -0.39 is 0 Å². The Balaban J connectivity index is 1.95. The Kier molecular flexibility index (Phi) is 4.18. The Bertz CT molecular complexity index is 758. The predicted octanol–water partition coefficient (Wildman–Crippen LogP) is 5.04. The molecule has 0 fully saturated rings. The lowest BCUT2D eigenvalue weighted by Crippen LogP contribution is -1.99. The lowest BCUT2D eigenvalue weighted by molar-refractivity contribution is 0.972. The van der Waals surface area contributed by atoms with Crippen molar-refractivity contribution in [3.63, 3.8) is 0 Å². The van der Waals surface area contributed by atoms with E-state index in [1.165, 1.54) is 0 Å². The summed E-state index contributed by atoms with van der Waals surface area (Å²) in [5, 5.41) is 1.15. The van der Waals surface area contributed by atoms with Gasteiger partial charge in [0.2, 0.25) is 0 Å². The fourth-order valence-corrected chi connectivity index (χ4v) is 2.54. The Morgan fingerprint density at radius 3 is 2.38 bits per heavy atom. The molecule has 0 saturated heterocycles. The van der Waals surface area contributed by atoms with Gasteiger partial charge in [-0.05, 0) is 17.7 Å². The van der Waals surface area contributed by atoms with Crippen LogP contribution >= 0.6 is 23.2 Å². The van der Waals surface area contributed by atoms with Crippen LogP contribution in [0.2, 0.25) is 10.2 Å². The number of rotatable bonds is 3. The standard InChI is InChI=1S/C17H12Cl2N2/c18-14-8-4-5-12(9-14)10-17-20-15(11-16(19)21-17)13-6-2-1-3-7-13/h1-9,11H,10H2. The molecule has 0 aliphatic heterocycles. The van der Waals surface area contributed by atoms with Crippen LogP contribution in [0.3, 0.4) is 0 Å². The molecule has 1 heterocycles. The summed E-state index contributed by atoms with van der Waals surface area (Å²) >= 11 is 12.1. The van der Waals surface area contributed by atoms with E-state index in [1.807, 2.05) is 54.6 Å². The van der Waals surface area contributed by atoms with Gasteiger partial charge >= 0.3 is 0 Å². The van der Waals surface area contributed by atoms with Crippen LogP contribution in [0.5, 0.6) is 0 Å². The zero-order chi connectivity index (χ0) is 14.7. The lowest BCUT2D eigenvalue weighted by atomic mass is 10.1. The summed E-state index contributed by atoms with van der Waals surface area (Å²) in [7, 11) is 0. The van der Waals surface area contributed by atoms with Gasteiger partial charge in [-0.2, -0.15) is 0 Å². The van der Waals surface area contributed by atoms with Crippen LogP contribution in [-0.2, 0) is 6.42 Å². The zero-order valence-electron chi connectivity index (χ0n) is 11.1. The number of hydrogen-bond donors (Lipinski definition) is 0. The van der Waals surface area contributed by atoms with E-state index in [4.69, 9.17) is 23.2 Å². The van der Waals surface area contributed by atoms with Crippen molar-refractivity contribution in [1.82, 2.24) is 9.97 Å². The van der Waals surface area contributed by atoms with Crippen molar-refractivity contribution in [1.29, 1.82) is 0 Å². The first kappa shape index (κ1) is 14.1. The first-order chi connectivity index (χ1) is 10.2. The molecule has 3 rings (SSSR count). The maximum absolute atomic E-state index is 6.12. The normalized spacial score (nSPS) is 10.6. The van der Waals surface area contributed by atoms with Crippen molar-refractivity contribution in [2.24, 2.45) is 0 Å². The minimum absolute atomic E-state index is 0.445. The molecule has 3 aromatic rings. The first-order valence-electron chi connectivity index (χ1n) is 6.54. The van der Waals surface area contributed by atoms with E-state index in [0.29, 0.717) is 22.4 Å². The monoisotopic (exact) mass is 314 g/mol. The number of aromatic nitrogens is 2. The maximum atomic E-state index is 6.12. The molecule has 0 bridgehead atoms. The van der Waals surface area contributed by atoms with Gasteiger partial charge in [0.15, 0.2) is 0 Å². The number of halogens is 2. The van der Waals surface area contributed by atoms with Crippen LogP contribution in [0.1, 0.15) is 11.4 Å². The Labute approximate surface area is 133 Å². The molecule has 2 nitrogen and oxygen atoms in total. The lowest BCUT2D eigenvalue weighted by Gasteiger charge is -2.06. The summed E-state index contributed by atoms with van der Waals surface area (Å²) in [6, 6.07) is 19.4. The van der Waals surface area contributed by atoms with Gasteiger partial charge in [-0.15, -0.1) is 0 Å². The van der Waals surface area contributed by atoms with E-state index in [9.17, 15) is 0 Å². The van der Waals surface area contributed by atoms with E-state index in [0.717, 1.165) is 16.8 Å².